The zero-order valence-electron chi connectivity index (χ0n) is 25.2. The molecule has 0 aliphatic heterocycles. The minimum Gasteiger partial charge on any atom is -0.508 e. The van der Waals surface area contributed by atoms with E-state index >= 15 is 0 Å². The molecule has 1 aromatic heterocycles. The maximum atomic E-state index is 9.93. The maximum absolute atomic E-state index is 9.93. The van der Waals surface area contributed by atoms with Gasteiger partial charge in [0.2, 0.25) is 0 Å². The second kappa shape index (κ2) is 17.8. The van der Waals surface area contributed by atoms with Crippen LogP contribution in [0.4, 0.5) is 0 Å². The van der Waals surface area contributed by atoms with Crippen molar-refractivity contribution in [2.75, 3.05) is 13.1 Å². The Balaban J connectivity index is 1.24. The molecule has 226 valence electrons. The van der Waals surface area contributed by atoms with Gasteiger partial charge in [-0.05, 0) is 102 Å². The minimum absolute atomic E-state index is 0.230. The maximum Gasteiger partial charge on any atom is 0.115 e. The van der Waals surface area contributed by atoms with E-state index in [9.17, 15) is 15.3 Å². The van der Waals surface area contributed by atoms with Gasteiger partial charge in [-0.3, -0.25) is 4.98 Å². The number of rotatable bonds is 18. The van der Waals surface area contributed by atoms with Crippen LogP contribution in [0.25, 0.3) is 11.1 Å². The molecule has 4 aromatic rings. The number of pyridine rings is 1. The third-order valence-electron chi connectivity index (χ3n) is 7.89. The predicted octanol–water partition coefficient (Wildman–Crippen LogP) is 8.89. The van der Waals surface area contributed by atoms with Crippen LogP contribution in [-0.4, -0.2) is 33.4 Å². The van der Waals surface area contributed by atoms with Crippen LogP contribution in [0.15, 0.2) is 97.2 Å². The van der Waals surface area contributed by atoms with Crippen LogP contribution in [0.2, 0.25) is 0 Å². The van der Waals surface area contributed by atoms with E-state index in [4.69, 9.17) is 0 Å². The van der Waals surface area contributed by atoms with Crippen molar-refractivity contribution in [1.29, 1.82) is 0 Å². The Kier molecular flexibility index (Phi) is 13.2. The molecule has 4 N–H and O–H groups in total. The highest BCUT2D eigenvalue weighted by Crippen LogP contribution is 2.37. The van der Waals surface area contributed by atoms with Crippen LogP contribution in [0.5, 0.6) is 17.2 Å². The van der Waals surface area contributed by atoms with Gasteiger partial charge in [-0.1, -0.05) is 87.4 Å². The van der Waals surface area contributed by atoms with Crippen LogP contribution in [0, 0.1) is 0 Å². The lowest BCUT2D eigenvalue weighted by Crippen LogP contribution is -2.18. The monoisotopic (exact) mass is 578 g/mol. The van der Waals surface area contributed by atoms with Gasteiger partial charge in [0.25, 0.3) is 0 Å². The van der Waals surface area contributed by atoms with Crippen molar-refractivity contribution in [3.8, 4) is 17.2 Å². The SMILES string of the molecule is Oc1ccc(C(CCCCCCCCCCCNCCc2ccccn2)=C(c2ccc(O)cc2)c2ccc(O)cc2)cc1. The van der Waals surface area contributed by atoms with Gasteiger partial charge in [-0.15, -0.1) is 0 Å². The van der Waals surface area contributed by atoms with Gasteiger partial charge in [-0.25, -0.2) is 0 Å². The third kappa shape index (κ3) is 10.9. The van der Waals surface area contributed by atoms with Crippen LogP contribution in [-0.2, 0) is 6.42 Å². The van der Waals surface area contributed by atoms with Gasteiger partial charge in [-0.2, -0.15) is 0 Å². The smallest absolute Gasteiger partial charge is 0.115 e. The zero-order valence-corrected chi connectivity index (χ0v) is 25.2. The molecule has 4 rings (SSSR count). The van der Waals surface area contributed by atoms with Crippen LogP contribution < -0.4 is 5.32 Å². The summed E-state index contributed by atoms with van der Waals surface area (Å²) in [6.45, 7) is 2.08. The molecule has 0 amide bonds. The first-order valence-electron chi connectivity index (χ1n) is 15.8. The van der Waals surface area contributed by atoms with E-state index < -0.39 is 0 Å². The van der Waals surface area contributed by atoms with Gasteiger partial charge in [0, 0.05) is 24.9 Å². The van der Waals surface area contributed by atoms with Gasteiger partial charge in [0.1, 0.15) is 17.2 Å². The molecular weight excluding hydrogens is 532 g/mol. The number of nitrogens with zero attached hydrogens (tertiary/aromatic N) is 1. The average molecular weight is 579 g/mol. The molecule has 0 unspecified atom stereocenters. The summed E-state index contributed by atoms with van der Waals surface area (Å²) in [5, 5.41) is 33.3. The second-order valence-corrected chi connectivity index (χ2v) is 11.2. The summed E-state index contributed by atoms with van der Waals surface area (Å²) < 4.78 is 0. The van der Waals surface area contributed by atoms with Gasteiger partial charge >= 0.3 is 0 Å². The summed E-state index contributed by atoms with van der Waals surface area (Å²) in [5.74, 6) is 0.706. The van der Waals surface area contributed by atoms with Crippen molar-refractivity contribution >= 4 is 11.1 Å². The molecule has 0 radical (unpaired) electrons. The van der Waals surface area contributed by atoms with Crippen molar-refractivity contribution < 1.29 is 15.3 Å². The Labute approximate surface area is 257 Å². The molecule has 3 aromatic carbocycles. The van der Waals surface area contributed by atoms with Crippen molar-refractivity contribution in [3.63, 3.8) is 0 Å². The zero-order chi connectivity index (χ0) is 30.1. The van der Waals surface area contributed by atoms with Gasteiger partial charge < -0.3 is 20.6 Å². The quantitative estimate of drug-likeness (QED) is 0.0700. The summed E-state index contributed by atoms with van der Waals surface area (Å²) in [7, 11) is 0. The molecule has 0 saturated heterocycles. The number of aromatic nitrogens is 1. The Bertz CT molecular complexity index is 1320. The van der Waals surface area contributed by atoms with E-state index in [1.165, 1.54) is 56.9 Å². The number of hydrogen-bond donors (Lipinski definition) is 4. The third-order valence-corrected chi connectivity index (χ3v) is 7.89. The summed E-state index contributed by atoms with van der Waals surface area (Å²) in [5.41, 5.74) is 6.52. The van der Waals surface area contributed by atoms with E-state index in [1.807, 2.05) is 54.7 Å². The first kappa shape index (κ1) is 31.8. The molecule has 0 bridgehead atoms. The Morgan fingerprint density at radius 1 is 0.512 bits per heavy atom. The number of allylic oxidation sites excluding steroid dienone is 1. The lowest BCUT2D eigenvalue weighted by Gasteiger charge is -2.18. The van der Waals surface area contributed by atoms with Crippen molar-refractivity contribution in [3.05, 3.63) is 120 Å². The lowest BCUT2D eigenvalue weighted by atomic mass is 9.86. The molecule has 0 atom stereocenters. The van der Waals surface area contributed by atoms with E-state index in [0.717, 1.165) is 60.3 Å². The van der Waals surface area contributed by atoms with Crippen molar-refractivity contribution in [2.24, 2.45) is 0 Å². The van der Waals surface area contributed by atoms with E-state index in [2.05, 4.69) is 16.4 Å². The molecule has 5 nitrogen and oxygen atoms in total. The molecule has 0 aliphatic rings. The number of phenolic OH excluding ortho intramolecular Hbond substituents is 3. The number of hydrogen-bond acceptors (Lipinski definition) is 5. The first-order valence-corrected chi connectivity index (χ1v) is 15.8. The molecule has 1 heterocycles. The second-order valence-electron chi connectivity index (χ2n) is 11.2. The predicted molar refractivity (Wildman–Crippen MR) is 177 cm³/mol. The number of aromatic hydroxyl groups is 3. The highest BCUT2D eigenvalue weighted by molar-refractivity contribution is 5.98. The topological polar surface area (TPSA) is 85.6 Å². The van der Waals surface area contributed by atoms with Crippen LogP contribution in [0.3, 0.4) is 0 Å². The average Bonchev–Trinajstić information content (AvgIpc) is 3.03. The molecule has 43 heavy (non-hydrogen) atoms. The molecule has 5 heteroatoms. The summed E-state index contributed by atoms with van der Waals surface area (Å²) >= 11 is 0. The summed E-state index contributed by atoms with van der Waals surface area (Å²) in [6, 6.07) is 28.1. The highest BCUT2D eigenvalue weighted by atomic mass is 16.3. The Morgan fingerprint density at radius 2 is 1.00 bits per heavy atom. The minimum atomic E-state index is 0.230. The van der Waals surface area contributed by atoms with Crippen molar-refractivity contribution in [1.82, 2.24) is 10.3 Å². The van der Waals surface area contributed by atoms with Gasteiger partial charge in [0.05, 0.1) is 0 Å². The van der Waals surface area contributed by atoms with Crippen LogP contribution in [0.1, 0.15) is 86.6 Å². The molecule has 0 aliphatic carbocycles. The number of nitrogens with one attached hydrogen (secondary N) is 1. The lowest BCUT2D eigenvalue weighted by molar-refractivity contribution is 0.474. The number of phenols is 3. The molecule has 0 spiro atoms. The molecular formula is C38H46N2O3. The van der Waals surface area contributed by atoms with Crippen LogP contribution >= 0.6 is 0 Å². The fourth-order valence-electron chi connectivity index (χ4n) is 5.52. The molecule has 0 saturated carbocycles. The molecule has 0 fully saturated rings. The van der Waals surface area contributed by atoms with E-state index in [0.29, 0.717) is 0 Å². The van der Waals surface area contributed by atoms with Gasteiger partial charge in [0.15, 0.2) is 0 Å². The van der Waals surface area contributed by atoms with Crippen molar-refractivity contribution in [2.45, 2.75) is 70.6 Å². The number of unbranched alkanes of at least 4 members (excludes halogenated alkanes) is 8. The largest absolute Gasteiger partial charge is 0.508 e. The standard InChI is InChI=1S/C38H46N2O3/c41-34-20-14-30(15-21-34)37(38(31-16-22-35(42)23-17-31)32-18-24-36(43)25-19-32)13-8-6-4-2-1-3-5-7-10-27-39-29-26-33-12-9-11-28-40-33/h9,11-12,14-25,28,39,41-43H,1-8,10,13,26-27,29H2. The fraction of sp³-hybridized carbons (Fsp3) is 0.342. The highest BCUT2D eigenvalue weighted by Gasteiger charge is 2.15. The summed E-state index contributed by atoms with van der Waals surface area (Å²) in [6.07, 6.45) is 14.9. The first-order chi connectivity index (χ1) is 21.1. The van der Waals surface area contributed by atoms with E-state index in [1.54, 1.807) is 36.4 Å². The normalized spacial score (nSPS) is 11.0. The number of benzene rings is 3. The van der Waals surface area contributed by atoms with E-state index in [-0.39, 0.29) is 17.2 Å². The Hall–Kier alpha value is -4.09. The Morgan fingerprint density at radius 3 is 1.51 bits per heavy atom. The fourth-order valence-corrected chi connectivity index (χ4v) is 5.52. The summed E-state index contributed by atoms with van der Waals surface area (Å²) in [4.78, 5) is 4.37.